The first-order chi connectivity index (χ1) is 15.7. The van der Waals surface area contributed by atoms with Gasteiger partial charge in [0.1, 0.15) is 16.5 Å². The van der Waals surface area contributed by atoms with Gasteiger partial charge < -0.3 is 14.4 Å². The van der Waals surface area contributed by atoms with Gasteiger partial charge in [0.2, 0.25) is 15.6 Å². The molecule has 33 heavy (non-hydrogen) atoms. The van der Waals surface area contributed by atoms with E-state index in [-0.39, 0.29) is 27.6 Å². The highest BCUT2D eigenvalue weighted by Crippen LogP contribution is 2.41. The van der Waals surface area contributed by atoms with Gasteiger partial charge in [-0.15, -0.1) is 0 Å². The summed E-state index contributed by atoms with van der Waals surface area (Å²) < 4.78 is 65.4. The molecule has 9 heteroatoms. The van der Waals surface area contributed by atoms with E-state index in [0.717, 1.165) is 24.4 Å². The Balaban J connectivity index is 1.92. The number of halogens is 2. The molecule has 170 valence electrons. The van der Waals surface area contributed by atoms with Crippen LogP contribution in [0.3, 0.4) is 0 Å². The minimum absolute atomic E-state index is 0.0258. The van der Waals surface area contributed by atoms with Gasteiger partial charge in [-0.1, -0.05) is 6.07 Å². The summed E-state index contributed by atoms with van der Waals surface area (Å²) in [7, 11) is -1.48. The molecule has 4 rings (SSSR count). The topological polar surface area (TPSA) is 72.9 Å². The average molecular weight is 471 g/mol. The van der Waals surface area contributed by atoms with E-state index in [1.165, 1.54) is 49.5 Å². The number of hydrogen-bond acceptors (Lipinski definition) is 6. The second kappa shape index (κ2) is 8.32. The molecule has 1 heterocycles. The van der Waals surface area contributed by atoms with Crippen molar-refractivity contribution in [2.45, 2.75) is 11.8 Å². The predicted molar refractivity (Wildman–Crippen MR) is 119 cm³/mol. The molecule has 0 fully saturated rings. The number of rotatable bonds is 5. The minimum Gasteiger partial charge on any atom is -0.493 e. The van der Waals surface area contributed by atoms with Gasteiger partial charge in [0.25, 0.3) is 0 Å². The number of carbonyl (C=O) groups is 1. The van der Waals surface area contributed by atoms with Gasteiger partial charge in [-0.3, -0.25) is 4.79 Å². The third-order valence-corrected chi connectivity index (χ3v) is 7.10. The van der Waals surface area contributed by atoms with Crippen molar-refractivity contribution in [1.29, 1.82) is 0 Å². The monoisotopic (exact) mass is 471 g/mol. The number of sulfone groups is 1. The fourth-order valence-electron chi connectivity index (χ4n) is 3.53. The van der Waals surface area contributed by atoms with Crippen molar-refractivity contribution < 1.29 is 31.5 Å². The first-order valence-corrected chi connectivity index (χ1v) is 11.2. The first kappa shape index (κ1) is 22.5. The summed E-state index contributed by atoms with van der Waals surface area (Å²) in [5.41, 5.74) is 0.635. The lowest BCUT2D eigenvalue weighted by atomic mass is 10.1. The molecule has 0 saturated carbocycles. The Morgan fingerprint density at radius 3 is 2.30 bits per heavy atom. The van der Waals surface area contributed by atoms with Crippen LogP contribution in [0.2, 0.25) is 0 Å². The molecule has 0 spiro atoms. The van der Waals surface area contributed by atoms with E-state index in [4.69, 9.17) is 9.47 Å². The summed E-state index contributed by atoms with van der Waals surface area (Å²) in [6.45, 7) is 1.58. The van der Waals surface area contributed by atoms with Crippen molar-refractivity contribution in [3.63, 3.8) is 0 Å². The maximum atomic E-state index is 14.3. The summed E-state index contributed by atoms with van der Waals surface area (Å²) in [6, 6.07) is 11.6. The highest BCUT2D eigenvalue weighted by Gasteiger charge is 2.37. The van der Waals surface area contributed by atoms with E-state index in [1.54, 1.807) is 13.0 Å². The van der Waals surface area contributed by atoms with Gasteiger partial charge in [-0.25, -0.2) is 17.2 Å². The van der Waals surface area contributed by atoms with Crippen LogP contribution in [0.1, 0.15) is 15.9 Å². The molecule has 0 saturated heterocycles. The van der Waals surface area contributed by atoms with Crippen LogP contribution < -0.4 is 14.4 Å². The normalized spacial score (nSPS) is 14.3. The molecule has 0 atom stereocenters. The third-order valence-electron chi connectivity index (χ3n) is 5.31. The molecule has 1 aliphatic heterocycles. The van der Waals surface area contributed by atoms with Crippen LogP contribution in [-0.4, -0.2) is 28.4 Å². The molecule has 0 bridgehead atoms. The number of nitrogens with zero attached hydrogens (tertiary/aromatic N) is 1. The minimum atomic E-state index is -4.30. The summed E-state index contributed by atoms with van der Waals surface area (Å²) >= 11 is 0. The number of carbonyl (C=O) groups excluding carboxylic acids is 1. The van der Waals surface area contributed by atoms with Crippen LogP contribution in [-0.2, 0) is 9.84 Å². The number of aryl methyl sites for hydroxylation is 1. The fraction of sp³-hybridized carbons (Fsp3) is 0.125. The van der Waals surface area contributed by atoms with E-state index in [1.807, 2.05) is 0 Å². The second-order valence-corrected chi connectivity index (χ2v) is 9.20. The number of benzene rings is 3. The number of ether oxygens (including phenoxy) is 2. The lowest BCUT2D eigenvalue weighted by Gasteiger charge is -2.29. The van der Waals surface area contributed by atoms with Crippen molar-refractivity contribution in [1.82, 2.24) is 0 Å². The number of methoxy groups -OCH3 is 2. The summed E-state index contributed by atoms with van der Waals surface area (Å²) in [5, 5.41) is 0. The molecule has 0 aromatic heterocycles. The van der Waals surface area contributed by atoms with Crippen LogP contribution in [0.4, 0.5) is 20.2 Å². The van der Waals surface area contributed by atoms with Crippen molar-refractivity contribution in [3.05, 3.63) is 88.5 Å². The second-order valence-electron chi connectivity index (χ2n) is 7.31. The standard InChI is InChI=1S/C24H19F2NO5S/c1-14-4-7-17(12-18(14)26)27-13-23(33(29,30)22-9-6-16(25)11-19(22)27)24(28)15-5-8-20(31-2)21(10-15)32-3/h4-13H,1-3H3. The first-order valence-electron chi connectivity index (χ1n) is 9.76. The van der Waals surface area contributed by atoms with Crippen LogP contribution in [0, 0.1) is 18.6 Å². The van der Waals surface area contributed by atoms with E-state index < -0.39 is 32.2 Å². The maximum absolute atomic E-state index is 14.3. The molecule has 3 aromatic rings. The van der Waals surface area contributed by atoms with Gasteiger partial charge in [0.15, 0.2) is 11.5 Å². The Kier molecular flexibility index (Phi) is 5.67. The zero-order chi connectivity index (χ0) is 23.9. The summed E-state index contributed by atoms with van der Waals surface area (Å²) in [6.07, 6.45) is 1.08. The third kappa shape index (κ3) is 3.84. The predicted octanol–water partition coefficient (Wildman–Crippen LogP) is 4.94. The largest absolute Gasteiger partial charge is 0.493 e. The highest BCUT2D eigenvalue weighted by molar-refractivity contribution is 7.96. The molecule has 0 radical (unpaired) electrons. The Bertz CT molecular complexity index is 1420. The number of anilines is 2. The number of Topliss-reactive ketones (excluding diaryl/α,β-unsaturated/α-hetero) is 1. The van der Waals surface area contributed by atoms with Crippen LogP contribution >= 0.6 is 0 Å². The zero-order valence-corrected chi connectivity index (χ0v) is 18.7. The fourth-order valence-corrected chi connectivity index (χ4v) is 5.05. The number of ketones is 1. The number of allylic oxidation sites excluding steroid dienone is 1. The molecular formula is C24H19F2NO5S. The Morgan fingerprint density at radius 1 is 0.909 bits per heavy atom. The van der Waals surface area contributed by atoms with Gasteiger partial charge in [-0.2, -0.15) is 0 Å². The molecule has 0 N–H and O–H groups in total. The molecule has 0 unspecified atom stereocenters. The molecule has 0 amide bonds. The van der Waals surface area contributed by atoms with Crippen LogP contribution in [0.15, 0.2) is 70.6 Å². The van der Waals surface area contributed by atoms with E-state index >= 15 is 0 Å². The quantitative estimate of drug-likeness (QED) is 0.388. The lowest BCUT2D eigenvalue weighted by Crippen LogP contribution is -2.26. The van der Waals surface area contributed by atoms with Gasteiger partial charge in [0.05, 0.1) is 24.8 Å². The van der Waals surface area contributed by atoms with Crippen molar-refractivity contribution in [3.8, 4) is 11.5 Å². The van der Waals surface area contributed by atoms with Crippen molar-refractivity contribution in [2.75, 3.05) is 19.1 Å². The Labute approximate surface area is 189 Å². The number of fused-ring (bicyclic) bond motifs is 1. The van der Waals surface area contributed by atoms with Crippen molar-refractivity contribution >= 4 is 27.0 Å². The zero-order valence-electron chi connectivity index (χ0n) is 17.9. The van der Waals surface area contributed by atoms with Crippen LogP contribution in [0.5, 0.6) is 11.5 Å². The van der Waals surface area contributed by atoms with E-state index in [9.17, 15) is 22.0 Å². The van der Waals surface area contributed by atoms with Crippen LogP contribution in [0.25, 0.3) is 0 Å². The smallest absolute Gasteiger partial charge is 0.214 e. The lowest BCUT2D eigenvalue weighted by molar-refractivity contribution is 0.104. The van der Waals surface area contributed by atoms with E-state index in [2.05, 4.69) is 0 Å². The number of hydrogen-bond donors (Lipinski definition) is 0. The summed E-state index contributed by atoms with van der Waals surface area (Å²) in [4.78, 5) is 13.8. The average Bonchev–Trinajstić information content (AvgIpc) is 2.80. The molecule has 3 aromatic carbocycles. The molecular weight excluding hydrogens is 452 g/mol. The van der Waals surface area contributed by atoms with Gasteiger partial charge in [0, 0.05) is 17.5 Å². The molecule has 1 aliphatic rings. The Morgan fingerprint density at radius 2 is 1.64 bits per heavy atom. The van der Waals surface area contributed by atoms with Gasteiger partial charge in [-0.05, 0) is 61.0 Å². The summed E-state index contributed by atoms with van der Waals surface area (Å²) in [5.74, 6) is -1.39. The highest BCUT2D eigenvalue weighted by atomic mass is 32.2. The Hall–Kier alpha value is -3.72. The van der Waals surface area contributed by atoms with Gasteiger partial charge >= 0.3 is 0 Å². The van der Waals surface area contributed by atoms with Crippen molar-refractivity contribution in [2.24, 2.45) is 0 Å². The molecule has 0 aliphatic carbocycles. The van der Waals surface area contributed by atoms with E-state index in [0.29, 0.717) is 11.3 Å². The maximum Gasteiger partial charge on any atom is 0.214 e. The SMILES string of the molecule is COc1ccc(C(=O)C2=CN(c3ccc(C)c(F)c3)c3cc(F)ccc3S2(=O)=O)cc1OC. The molecule has 6 nitrogen and oxygen atoms in total.